The highest BCUT2D eigenvalue weighted by molar-refractivity contribution is 6.01. The molecule has 0 spiro atoms. The SMILES string of the molecule is O=C1CCC(Nc2ccc(CCCN3CCN(C(=O)CCCCCCCNC(=O)c4cnn5ccc(N6CCC[C@@H]6c6cc(F)ccc6F)nc45)CC3)cc2)C(=O)N1. The Morgan fingerprint density at radius 3 is 2.48 bits per heavy atom. The molecular weight excluding hydrogens is 745 g/mol. The normalized spacial score (nSPS) is 18.8. The maximum absolute atomic E-state index is 14.6. The van der Waals surface area contributed by atoms with Crippen LogP contribution in [-0.4, -0.2) is 99.9 Å². The van der Waals surface area contributed by atoms with E-state index in [1.54, 1.807) is 16.8 Å². The minimum atomic E-state index is -0.480. The summed E-state index contributed by atoms with van der Waals surface area (Å²) in [7, 11) is 0. The number of nitrogens with zero attached hydrogens (tertiary/aromatic N) is 6. The Kier molecular flexibility index (Phi) is 13.6. The summed E-state index contributed by atoms with van der Waals surface area (Å²) in [6.45, 7) is 5.43. The lowest BCUT2D eigenvalue weighted by Gasteiger charge is -2.34. The zero-order valence-electron chi connectivity index (χ0n) is 32.9. The first-order valence-electron chi connectivity index (χ1n) is 20.8. The van der Waals surface area contributed by atoms with Crippen molar-refractivity contribution in [3.63, 3.8) is 0 Å². The molecule has 3 N–H and O–H groups in total. The van der Waals surface area contributed by atoms with Crippen LogP contribution in [0.25, 0.3) is 5.65 Å². The van der Waals surface area contributed by atoms with Gasteiger partial charge in [-0.3, -0.25) is 29.4 Å². The van der Waals surface area contributed by atoms with Crippen LogP contribution < -0.4 is 20.9 Å². The minimum absolute atomic E-state index is 0.218. The third-order valence-corrected chi connectivity index (χ3v) is 11.5. The summed E-state index contributed by atoms with van der Waals surface area (Å²) < 4.78 is 30.2. The van der Waals surface area contributed by atoms with Gasteiger partial charge in [0.1, 0.15) is 29.1 Å². The lowest BCUT2D eigenvalue weighted by Crippen LogP contribution is -2.48. The molecule has 5 heterocycles. The van der Waals surface area contributed by atoms with Crippen LogP contribution in [0.5, 0.6) is 0 Å². The molecule has 7 rings (SSSR count). The highest BCUT2D eigenvalue weighted by Crippen LogP contribution is 2.37. The number of carbonyl (C=O) groups is 4. The molecule has 308 valence electrons. The molecule has 3 aliphatic heterocycles. The number of hydrogen-bond donors (Lipinski definition) is 3. The van der Waals surface area contributed by atoms with Crippen LogP contribution in [-0.2, 0) is 20.8 Å². The van der Waals surface area contributed by atoms with Crippen molar-refractivity contribution in [3.8, 4) is 0 Å². The standard InChI is InChI=1S/C43H53F2N9O4/c44-31-13-16-35(45)33(28-31)37-9-7-22-53(37)38-19-23-54-41(49-38)34(29-47-54)42(57)46-20-5-3-1-2-4-10-40(56)52-26-24-51(25-27-52)21-6-8-30-11-14-32(15-12-30)48-36-17-18-39(55)50-43(36)58/h11-16,19,23,28-29,36-37,48H,1-10,17-18,20-22,24-27H2,(H,46,57)(H,50,55,58)/t36?,37-/m1/s1. The van der Waals surface area contributed by atoms with E-state index >= 15 is 0 Å². The van der Waals surface area contributed by atoms with E-state index in [1.165, 1.54) is 17.8 Å². The number of aromatic nitrogens is 3. The molecule has 2 atom stereocenters. The number of hydrogen-bond acceptors (Lipinski definition) is 9. The molecule has 3 fully saturated rings. The van der Waals surface area contributed by atoms with E-state index in [0.29, 0.717) is 61.4 Å². The number of anilines is 2. The highest BCUT2D eigenvalue weighted by Gasteiger charge is 2.31. The number of aryl methyl sites for hydroxylation is 1. The number of piperidine rings is 1. The van der Waals surface area contributed by atoms with Gasteiger partial charge in [-0.25, -0.2) is 18.3 Å². The fraction of sp³-hybridized carbons (Fsp3) is 0.488. The molecule has 0 saturated carbocycles. The van der Waals surface area contributed by atoms with Crippen LogP contribution in [0.15, 0.2) is 60.9 Å². The number of rotatable bonds is 17. The van der Waals surface area contributed by atoms with E-state index in [9.17, 15) is 28.0 Å². The maximum Gasteiger partial charge on any atom is 0.256 e. The van der Waals surface area contributed by atoms with Gasteiger partial charge in [0, 0.05) is 69.6 Å². The van der Waals surface area contributed by atoms with Gasteiger partial charge in [0.15, 0.2) is 5.65 Å². The van der Waals surface area contributed by atoms with E-state index in [0.717, 1.165) is 102 Å². The van der Waals surface area contributed by atoms with Gasteiger partial charge in [-0.05, 0) is 93.5 Å². The van der Waals surface area contributed by atoms with Crippen molar-refractivity contribution in [1.82, 2.24) is 35.0 Å². The second kappa shape index (κ2) is 19.3. The van der Waals surface area contributed by atoms with Gasteiger partial charge >= 0.3 is 0 Å². The Balaban J connectivity index is 0.742. The molecule has 3 aliphatic rings. The van der Waals surface area contributed by atoms with Gasteiger partial charge in [-0.15, -0.1) is 0 Å². The fourth-order valence-electron chi connectivity index (χ4n) is 8.23. The Labute approximate surface area is 337 Å². The van der Waals surface area contributed by atoms with Crippen molar-refractivity contribution >= 4 is 40.8 Å². The smallest absolute Gasteiger partial charge is 0.256 e. The molecule has 4 aromatic rings. The summed E-state index contributed by atoms with van der Waals surface area (Å²) >= 11 is 0. The Morgan fingerprint density at radius 2 is 1.67 bits per heavy atom. The van der Waals surface area contributed by atoms with E-state index in [2.05, 4.69) is 38.1 Å². The van der Waals surface area contributed by atoms with Crippen LogP contribution in [0.1, 0.15) is 98.2 Å². The summed E-state index contributed by atoms with van der Waals surface area (Å²) in [5.74, 6) is -0.861. The number of carbonyl (C=O) groups excluding carboxylic acids is 4. The predicted octanol–water partition coefficient (Wildman–Crippen LogP) is 5.41. The molecule has 0 aliphatic carbocycles. The summed E-state index contributed by atoms with van der Waals surface area (Å²) in [6.07, 6.45) is 12.7. The van der Waals surface area contributed by atoms with Crippen molar-refractivity contribution in [1.29, 1.82) is 0 Å². The average Bonchev–Trinajstić information content (AvgIpc) is 3.89. The highest BCUT2D eigenvalue weighted by atomic mass is 19.1. The Hall–Kier alpha value is -5.44. The van der Waals surface area contributed by atoms with E-state index in [4.69, 9.17) is 4.98 Å². The number of imide groups is 1. The Bertz CT molecular complexity index is 2070. The Morgan fingerprint density at radius 1 is 0.879 bits per heavy atom. The van der Waals surface area contributed by atoms with Gasteiger partial charge in [0.05, 0.1) is 12.2 Å². The fourth-order valence-corrected chi connectivity index (χ4v) is 8.23. The van der Waals surface area contributed by atoms with Gasteiger partial charge in [0.25, 0.3) is 5.91 Å². The van der Waals surface area contributed by atoms with Crippen molar-refractivity contribution in [2.75, 3.05) is 56.0 Å². The number of benzene rings is 2. The van der Waals surface area contributed by atoms with Gasteiger partial charge in [-0.1, -0.05) is 31.4 Å². The first kappa shape index (κ1) is 40.7. The van der Waals surface area contributed by atoms with Crippen molar-refractivity contribution in [2.45, 2.75) is 89.1 Å². The zero-order chi connectivity index (χ0) is 40.4. The number of nitrogens with one attached hydrogen (secondary N) is 3. The molecular formula is C43H53F2N9O4. The maximum atomic E-state index is 14.6. The quantitative estimate of drug-likeness (QED) is 0.0944. The van der Waals surface area contributed by atoms with E-state index < -0.39 is 11.6 Å². The van der Waals surface area contributed by atoms with Crippen molar-refractivity contribution in [2.24, 2.45) is 0 Å². The summed E-state index contributed by atoms with van der Waals surface area (Å²) in [5, 5.41) is 12.9. The minimum Gasteiger partial charge on any atom is -0.374 e. The summed E-state index contributed by atoms with van der Waals surface area (Å²) in [6, 6.07) is 12.7. The number of fused-ring (bicyclic) bond motifs is 1. The molecule has 2 aromatic heterocycles. The number of halogens is 2. The van der Waals surface area contributed by atoms with Crippen LogP contribution in [0, 0.1) is 11.6 Å². The topological polar surface area (TPSA) is 144 Å². The van der Waals surface area contributed by atoms with Crippen LogP contribution in [0.2, 0.25) is 0 Å². The molecule has 58 heavy (non-hydrogen) atoms. The third-order valence-electron chi connectivity index (χ3n) is 11.5. The lowest BCUT2D eigenvalue weighted by atomic mass is 10.0. The van der Waals surface area contributed by atoms with Gasteiger partial charge < -0.3 is 20.4 Å². The number of unbranched alkanes of at least 4 members (excludes halogenated alkanes) is 4. The lowest BCUT2D eigenvalue weighted by molar-refractivity contribution is -0.134. The van der Waals surface area contributed by atoms with Crippen LogP contribution in [0.3, 0.4) is 0 Å². The summed E-state index contributed by atoms with van der Waals surface area (Å²) in [4.78, 5) is 60.5. The molecule has 0 bridgehead atoms. The molecule has 4 amide bonds. The summed E-state index contributed by atoms with van der Waals surface area (Å²) in [5.41, 5.74) is 3.18. The van der Waals surface area contributed by atoms with Crippen molar-refractivity contribution in [3.05, 3.63) is 89.2 Å². The van der Waals surface area contributed by atoms with Crippen LogP contribution in [0.4, 0.5) is 20.3 Å². The first-order valence-corrected chi connectivity index (χ1v) is 20.8. The van der Waals surface area contributed by atoms with Crippen LogP contribution >= 0.6 is 0 Å². The molecule has 3 saturated heterocycles. The molecule has 15 heteroatoms. The van der Waals surface area contributed by atoms with E-state index in [-0.39, 0.29) is 35.7 Å². The van der Waals surface area contributed by atoms with Crippen molar-refractivity contribution < 1.29 is 28.0 Å². The predicted molar refractivity (Wildman–Crippen MR) is 216 cm³/mol. The molecule has 1 unspecified atom stereocenters. The monoisotopic (exact) mass is 797 g/mol. The molecule has 2 aromatic carbocycles. The largest absolute Gasteiger partial charge is 0.374 e. The van der Waals surface area contributed by atoms with Gasteiger partial charge in [0.2, 0.25) is 17.7 Å². The first-order chi connectivity index (χ1) is 28.2. The van der Waals surface area contributed by atoms with E-state index in [1.807, 2.05) is 21.9 Å². The number of piperazine rings is 1. The molecule has 13 nitrogen and oxygen atoms in total. The number of amides is 4. The third kappa shape index (κ3) is 10.3. The zero-order valence-corrected chi connectivity index (χ0v) is 32.9. The second-order valence-electron chi connectivity index (χ2n) is 15.6. The molecule has 0 radical (unpaired) electrons. The second-order valence-corrected chi connectivity index (χ2v) is 15.6. The van der Waals surface area contributed by atoms with Gasteiger partial charge in [-0.2, -0.15) is 5.10 Å². The average molecular weight is 798 g/mol.